The smallest absolute Gasteiger partial charge is 0.392 e. The lowest BCUT2D eigenvalue weighted by atomic mass is 9.58. The van der Waals surface area contributed by atoms with Crippen LogP contribution in [0, 0.1) is 23.7 Å². The van der Waals surface area contributed by atoms with E-state index in [2.05, 4.69) is 0 Å². The average molecular weight is 222 g/mol. The largest absolute Gasteiger partial charge is 0.481 e. The number of aliphatic carboxylic acids is 1. The molecule has 0 aromatic rings. The van der Waals surface area contributed by atoms with E-state index < -0.39 is 29.9 Å². The van der Waals surface area contributed by atoms with Crippen molar-refractivity contribution in [2.24, 2.45) is 23.7 Å². The Labute approximate surface area is 85.5 Å². The first-order valence-corrected chi connectivity index (χ1v) is 5.21. The quantitative estimate of drug-likeness (QED) is 0.740. The molecule has 3 aliphatic carbocycles. The normalized spacial score (nSPS) is 40.5. The SMILES string of the molecule is O=C(O)[C@@H]1C2CCC(CC2)[C@H]1C(F)(F)F. The molecule has 0 radical (unpaired) electrons. The van der Waals surface area contributed by atoms with Gasteiger partial charge in [0.15, 0.2) is 0 Å². The molecule has 3 aliphatic rings. The summed E-state index contributed by atoms with van der Waals surface area (Å²) in [6.45, 7) is 0. The Morgan fingerprint density at radius 1 is 1.07 bits per heavy atom. The third-order valence-electron chi connectivity index (χ3n) is 3.88. The van der Waals surface area contributed by atoms with E-state index in [0.717, 1.165) is 0 Å². The first-order chi connectivity index (χ1) is 6.91. The van der Waals surface area contributed by atoms with Crippen LogP contribution in [0.15, 0.2) is 0 Å². The van der Waals surface area contributed by atoms with E-state index in [0.29, 0.717) is 25.7 Å². The van der Waals surface area contributed by atoms with Gasteiger partial charge in [0.2, 0.25) is 0 Å². The van der Waals surface area contributed by atoms with E-state index in [9.17, 15) is 18.0 Å². The van der Waals surface area contributed by atoms with Gasteiger partial charge in [0.05, 0.1) is 11.8 Å². The number of halogens is 3. The van der Waals surface area contributed by atoms with E-state index in [-0.39, 0.29) is 5.92 Å². The molecule has 15 heavy (non-hydrogen) atoms. The van der Waals surface area contributed by atoms with Crippen LogP contribution in [0.1, 0.15) is 25.7 Å². The van der Waals surface area contributed by atoms with Crippen LogP contribution in [-0.2, 0) is 4.79 Å². The van der Waals surface area contributed by atoms with E-state index in [4.69, 9.17) is 5.11 Å². The number of carboxylic acids is 1. The van der Waals surface area contributed by atoms with Crippen LogP contribution in [0.25, 0.3) is 0 Å². The van der Waals surface area contributed by atoms with Crippen molar-refractivity contribution >= 4 is 5.97 Å². The first-order valence-electron chi connectivity index (χ1n) is 5.21. The lowest BCUT2D eigenvalue weighted by molar-refractivity contribution is -0.233. The fourth-order valence-corrected chi connectivity index (χ4v) is 3.28. The van der Waals surface area contributed by atoms with Crippen LogP contribution in [0.2, 0.25) is 0 Å². The fourth-order valence-electron chi connectivity index (χ4n) is 3.28. The zero-order valence-electron chi connectivity index (χ0n) is 8.13. The number of hydrogen-bond acceptors (Lipinski definition) is 1. The van der Waals surface area contributed by atoms with Crippen LogP contribution >= 0.6 is 0 Å². The van der Waals surface area contributed by atoms with Gasteiger partial charge in [-0.05, 0) is 37.5 Å². The molecule has 2 nitrogen and oxygen atoms in total. The monoisotopic (exact) mass is 222 g/mol. The Balaban J connectivity index is 2.29. The second kappa shape index (κ2) is 3.39. The number of hydrogen-bond donors (Lipinski definition) is 1. The topological polar surface area (TPSA) is 37.3 Å². The first kappa shape index (κ1) is 10.8. The van der Waals surface area contributed by atoms with Gasteiger partial charge in [0.1, 0.15) is 0 Å². The molecule has 2 atom stereocenters. The van der Waals surface area contributed by atoms with Gasteiger partial charge < -0.3 is 5.11 Å². The molecule has 1 N–H and O–H groups in total. The summed E-state index contributed by atoms with van der Waals surface area (Å²) in [4.78, 5) is 10.9. The summed E-state index contributed by atoms with van der Waals surface area (Å²) in [7, 11) is 0. The highest BCUT2D eigenvalue weighted by molar-refractivity contribution is 5.71. The Bertz CT molecular complexity index is 266. The Morgan fingerprint density at radius 2 is 1.53 bits per heavy atom. The summed E-state index contributed by atoms with van der Waals surface area (Å²) in [6.07, 6.45) is -1.98. The van der Waals surface area contributed by atoms with Crippen LogP contribution in [0.3, 0.4) is 0 Å². The molecule has 3 saturated carbocycles. The third-order valence-corrected chi connectivity index (χ3v) is 3.88. The third kappa shape index (κ3) is 1.72. The summed E-state index contributed by atoms with van der Waals surface area (Å²) in [6, 6.07) is 0. The number of rotatable bonds is 1. The standard InChI is InChI=1S/C10H13F3O2/c11-10(12,13)8-6-3-1-5(2-4-6)7(8)9(14)15/h5-8H,1-4H2,(H,14,15)/t5?,6?,7-,8-/m1/s1. The van der Waals surface area contributed by atoms with Crippen molar-refractivity contribution in [2.75, 3.05) is 0 Å². The molecule has 0 spiro atoms. The van der Waals surface area contributed by atoms with Crippen LogP contribution < -0.4 is 0 Å². The van der Waals surface area contributed by atoms with Crippen molar-refractivity contribution in [2.45, 2.75) is 31.9 Å². The molecule has 2 bridgehead atoms. The highest BCUT2D eigenvalue weighted by Crippen LogP contribution is 2.54. The second-order valence-electron chi connectivity index (χ2n) is 4.61. The summed E-state index contributed by atoms with van der Waals surface area (Å²) in [5.41, 5.74) is 0. The van der Waals surface area contributed by atoms with Gasteiger partial charge in [0.25, 0.3) is 0 Å². The fraction of sp³-hybridized carbons (Fsp3) is 0.900. The van der Waals surface area contributed by atoms with Crippen LogP contribution in [-0.4, -0.2) is 17.3 Å². The maximum absolute atomic E-state index is 12.7. The van der Waals surface area contributed by atoms with Crippen LogP contribution in [0.5, 0.6) is 0 Å². The predicted octanol–water partition coefficient (Wildman–Crippen LogP) is 2.69. The predicted molar refractivity (Wildman–Crippen MR) is 46.1 cm³/mol. The Hall–Kier alpha value is -0.740. The summed E-state index contributed by atoms with van der Waals surface area (Å²) in [5, 5.41) is 8.89. The number of alkyl halides is 3. The van der Waals surface area contributed by atoms with E-state index in [1.54, 1.807) is 0 Å². The highest BCUT2D eigenvalue weighted by atomic mass is 19.4. The van der Waals surface area contributed by atoms with Crippen molar-refractivity contribution in [1.82, 2.24) is 0 Å². The lowest BCUT2D eigenvalue weighted by Gasteiger charge is -2.47. The van der Waals surface area contributed by atoms with E-state index >= 15 is 0 Å². The minimum absolute atomic E-state index is 0.265. The molecule has 0 aromatic heterocycles. The van der Waals surface area contributed by atoms with Crippen molar-refractivity contribution < 1.29 is 23.1 Å². The molecular formula is C10H13F3O2. The van der Waals surface area contributed by atoms with Crippen molar-refractivity contribution in [3.05, 3.63) is 0 Å². The molecule has 0 saturated heterocycles. The maximum atomic E-state index is 12.7. The minimum Gasteiger partial charge on any atom is -0.481 e. The Morgan fingerprint density at radius 3 is 1.87 bits per heavy atom. The molecule has 3 fully saturated rings. The molecule has 5 heteroatoms. The van der Waals surface area contributed by atoms with Crippen molar-refractivity contribution in [3.63, 3.8) is 0 Å². The number of carboxylic acid groups (broad SMARTS) is 1. The zero-order chi connectivity index (χ0) is 11.2. The number of fused-ring (bicyclic) bond motifs is 3. The molecule has 0 aromatic carbocycles. The molecule has 3 rings (SSSR count). The van der Waals surface area contributed by atoms with Gasteiger partial charge in [-0.3, -0.25) is 4.79 Å². The van der Waals surface area contributed by atoms with Crippen LogP contribution in [0.4, 0.5) is 13.2 Å². The van der Waals surface area contributed by atoms with Crippen molar-refractivity contribution in [1.29, 1.82) is 0 Å². The second-order valence-corrected chi connectivity index (χ2v) is 4.61. The summed E-state index contributed by atoms with van der Waals surface area (Å²) in [5.74, 6) is -4.80. The molecule has 86 valence electrons. The Kier molecular flexibility index (Phi) is 2.43. The van der Waals surface area contributed by atoms with Gasteiger partial charge in [-0.25, -0.2) is 0 Å². The molecule has 0 amide bonds. The number of carbonyl (C=O) groups is 1. The van der Waals surface area contributed by atoms with Gasteiger partial charge in [-0.2, -0.15) is 13.2 Å². The highest BCUT2D eigenvalue weighted by Gasteiger charge is 2.58. The van der Waals surface area contributed by atoms with Gasteiger partial charge in [-0.1, -0.05) is 0 Å². The molecule has 0 aliphatic heterocycles. The van der Waals surface area contributed by atoms with Gasteiger partial charge >= 0.3 is 12.1 Å². The average Bonchev–Trinajstić information content (AvgIpc) is 2.16. The van der Waals surface area contributed by atoms with Crippen molar-refractivity contribution in [3.8, 4) is 0 Å². The molecule has 0 heterocycles. The minimum atomic E-state index is -4.35. The zero-order valence-corrected chi connectivity index (χ0v) is 8.13. The van der Waals surface area contributed by atoms with E-state index in [1.807, 2.05) is 0 Å². The van der Waals surface area contributed by atoms with E-state index in [1.165, 1.54) is 0 Å². The molecular weight excluding hydrogens is 209 g/mol. The lowest BCUT2D eigenvalue weighted by Crippen LogP contribution is -2.50. The summed E-state index contributed by atoms with van der Waals surface area (Å²) < 4.78 is 38.2. The summed E-state index contributed by atoms with van der Waals surface area (Å²) >= 11 is 0. The van der Waals surface area contributed by atoms with Gasteiger partial charge in [-0.15, -0.1) is 0 Å². The molecule has 0 unspecified atom stereocenters. The van der Waals surface area contributed by atoms with Gasteiger partial charge in [0, 0.05) is 0 Å². The maximum Gasteiger partial charge on any atom is 0.392 e.